The number of hydrogen-bond donors (Lipinski definition) is 2. The molecule has 0 saturated carbocycles. The van der Waals surface area contributed by atoms with E-state index in [-0.39, 0.29) is 17.1 Å². The highest BCUT2D eigenvalue weighted by molar-refractivity contribution is 7.91. The maximum absolute atomic E-state index is 11.9. The number of carbonyl (C=O) groups excluding carboxylic acids is 2. The number of primary amides is 1. The van der Waals surface area contributed by atoms with Gasteiger partial charge in [0, 0.05) is 0 Å². The molecule has 1 unspecified atom stereocenters. The molecule has 2 rings (SSSR count). The van der Waals surface area contributed by atoms with Crippen molar-refractivity contribution in [2.75, 3.05) is 16.8 Å². The lowest BCUT2D eigenvalue weighted by Crippen LogP contribution is -2.25. The van der Waals surface area contributed by atoms with E-state index in [1.165, 1.54) is 6.07 Å². The van der Waals surface area contributed by atoms with Crippen LogP contribution in [0.4, 0.5) is 5.69 Å². The molecule has 0 aromatic heterocycles. The Morgan fingerprint density at radius 2 is 1.95 bits per heavy atom. The maximum Gasteiger partial charge on any atom is 0.250 e. The molecule has 1 fully saturated rings. The minimum atomic E-state index is -3.11. The van der Waals surface area contributed by atoms with Crippen LogP contribution in [0.15, 0.2) is 24.3 Å². The average molecular weight is 282 g/mol. The topological polar surface area (TPSA) is 106 Å². The SMILES string of the molecule is NC(=O)c1ccccc1NC(=O)C1CCS(=O)(=O)C1. The summed E-state index contributed by atoms with van der Waals surface area (Å²) in [6, 6.07) is 6.36. The Bertz CT molecular complexity index is 624. The molecular weight excluding hydrogens is 268 g/mol. The second kappa shape index (κ2) is 5.00. The number of nitrogens with one attached hydrogen (secondary N) is 1. The van der Waals surface area contributed by atoms with E-state index in [4.69, 9.17) is 5.73 Å². The Morgan fingerprint density at radius 1 is 1.26 bits per heavy atom. The van der Waals surface area contributed by atoms with Crippen LogP contribution in [0.2, 0.25) is 0 Å². The molecule has 1 aromatic carbocycles. The summed E-state index contributed by atoms with van der Waals surface area (Å²) in [6.45, 7) is 0. The molecule has 1 aromatic rings. The molecule has 6 nitrogen and oxygen atoms in total. The normalized spacial score (nSPS) is 20.9. The van der Waals surface area contributed by atoms with Gasteiger partial charge >= 0.3 is 0 Å². The van der Waals surface area contributed by atoms with Crippen molar-refractivity contribution < 1.29 is 18.0 Å². The van der Waals surface area contributed by atoms with Gasteiger partial charge in [0.15, 0.2) is 9.84 Å². The van der Waals surface area contributed by atoms with E-state index >= 15 is 0 Å². The van der Waals surface area contributed by atoms with Crippen LogP contribution in [-0.2, 0) is 14.6 Å². The van der Waals surface area contributed by atoms with Crippen LogP contribution in [0.25, 0.3) is 0 Å². The number of anilines is 1. The third-order valence-corrected chi connectivity index (χ3v) is 4.82. The first kappa shape index (κ1) is 13.5. The van der Waals surface area contributed by atoms with Crippen molar-refractivity contribution in [3.8, 4) is 0 Å². The van der Waals surface area contributed by atoms with E-state index in [2.05, 4.69) is 5.32 Å². The number of hydrogen-bond acceptors (Lipinski definition) is 4. The highest BCUT2D eigenvalue weighted by Crippen LogP contribution is 2.21. The van der Waals surface area contributed by atoms with Crippen molar-refractivity contribution >= 4 is 27.3 Å². The third kappa shape index (κ3) is 3.11. The zero-order valence-electron chi connectivity index (χ0n) is 10.1. The average Bonchev–Trinajstić information content (AvgIpc) is 2.70. The van der Waals surface area contributed by atoms with Crippen molar-refractivity contribution in [3.05, 3.63) is 29.8 Å². The summed E-state index contributed by atoms with van der Waals surface area (Å²) in [5, 5.41) is 2.57. The Kier molecular flexibility index (Phi) is 3.57. The van der Waals surface area contributed by atoms with Crippen LogP contribution in [-0.4, -0.2) is 31.7 Å². The highest BCUT2D eigenvalue weighted by Gasteiger charge is 2.33. The summed E-state index contributed by atoms with van der Waals surface area (Å²) in [6.07, 6.45) is 0.312. The molecule has 1 saturated heterocycles. The molecule has 102 valence electrons. The third-order valence-electron chi connectivity index (χ3n) is 3.05. The van der Waals surface area contributed by atoms with Crippen LogP contribution < -0.4 is 11.1 Å². The molecule has 0 bridgehead atoms. The van der Waals surface area contributed by atoms with Gasteiger partial charge in [0.1, 0.15) is 0 Å². The largest absolute Gasteiger partial charge is 0.366 e. The molecular formula is C12H14N2O4S. The molecule has 0 radical (unpaired) electrons. The Hall–Kier alpha value is -1.89. The molecule has 0 spiro atoms. The number of sulfone groups is 1. The Morgan fingerprint density at radius 3 is 2.53 bits per heavy atom. The Labute approximate surface area is 110 Å². The van der Waals surface area contributed by atoms with Gasteiger partial charge in [0.2, 0.25) is 5.91 Å². The quantitative estimate of drug-likeness (QED) is 0.823. The second-order valence-electron chi connectivity index (χ2n) is 4.50. The minimum absolute atomic E-state index is 0.0303. The van der Waals surface area contributed by atoms with E-state index in [1.807, 2.05) is 0 Å². The van der Waals surface area contributed by atoms with Crippen LogP contribution in [0, 0.1) is 5.92 Å². The smallest absolute Gasteiger partial charge is 0.250 e. The van der Waals surface area contributed by atoms with E-state index in [0.29, 0.717) is 12.1 Å². The predicted octanol–water partition coefficient (Wildman–Crippen LogP) is 0.159. The summed E-state index contributed by atoms with van der Waals surface area (Å²) < 4.78 is 22.6. The molecule has 7 heteroatoms. The number of amides is 2. The lowest BCUT2D eigenvalue weighted by Gasteiger charge is -2.11. The van der Waals surface area contributed by atoms with Crippen molar-refractivity contribution in [1.82, 2.24) is 0 Å². The van der Waals surface area contributed by atoms with Gasteiger partial charge < -0.3 is 11.1 Å². The van der Waals surface area contributed by atoms with E-state index in [0.717, 1.165) is 0 Å². The molecule has 2 amide bonds. The zero-order valence-corrected chi connectivity index (χ0v) is 10.9. The monoisotopic (exact) mass is 282 g/mol. The fraction of sp³-hybridized carbons (Fsp3) is 0.333. The standard InChI is InChI=1S/C12H14N2O4S/c13-11(15)9-3-1-2-4-10(9)14-12(16)8-5-6-19(17,18)7-8/h1-4,8H,5-7H2,(H2,13,15)(H,14,16). The number of nitrogens with two attached hydrogens (primary N) is 1. The summed E-state index contributed by atoms with van der Waals surface area (Å²) in [5.74, 6) is -1.71. The van der Waals surface area contributed by atoms with Gasteiger partial charge in [-0.3, -0.25) is 9.59 Å². The molecule has 1 atom stereocenters. The van der Waals surface area contributed by atoms with Crippen molar-refractivity contribution in [2.24, 2.45) is 11.7 Å². The van der Waals surface area contributed by atoms with Gasteiger partial charge in [-0.1, -0.05) is 12.1 Å². The molecule has 1 aliphatic rings. The Balaban J connectivity index is 2.14. The maximum atomic E-state index is 11.9. The van der Waals surface area contributed by atoms with Gasteiger partial charge in [-0.15, -0.1) is 0 Å². The molecule has 3 N–H and O–H groups in total. The van der Waals surface area contributed by atoms with Crippen molar-refractivity contribution in [2.45, 2.75) is 6.42 Å². The van der Waals surface area contributed by atoms with Crippen LogP contribution in [0.5, 0.6) is 0 Å². The fourth-order valence-electron chi connectivity index (χ4n) is 2.04. The first-order chi connectivity index (χ1) is 8.89. The highest BCUT2D eigenvalue weighted by atomic mass is 32.2. The van der Waals surface area contributed by atoms with Gasteiger partial charge in [-0.2, -0.15) is 0 Å². The summed E-state index contributed by atoms with van der Waals surface area (Å²) in [4.78, 5) is 23.2. The van der Waals surface area contributed by atoms with E-state index < -0.39 is 27.6 Å². The number of para-hydroxylation sites is 1. The zero-order chi connectivity index (χ0) is 14.0. The van der Waals surface area contributed by atoms with Crippen molar-refractivity contribution in [1.29, 1.82) is 0 Å². The molecule has 19 heavy (non-hydrogen) atoms. The number of rotatable bonds is 3. The molecule has 0 aliphatic carbocycles. The predicted molar refractivity (Wildman–Crippen MR) is 70.4 cm³/mol. The van der Waals surface area contributed by atoms with E-state index in [9.17, 15) is 18.0 Å². The molecule has 1 aliphatic heterocycles. The van der Waals surface area contributed by atoms with Gasteiger partial charge in [0.25, 0.3) is 5.91 Å². The first-order valence-corrected chi connectivity index (χ1v) is 7.61. The lowest BCUT2D eigenvalue weighted by molar-refractivity contribution is -0.119. The number of benzene rings is 1. The van der Waals surface area contributed by atoms with E-state index in [1.54, 1.807) is 18.2 Å². The number of carbonyl (C=O) groups is 2. The van der Waals surface area contributed by atoms with Crippen molar-refractivity contribution in [3.63, 3.8) is 0 Å². The fourth-order valence-corrected chi connectivity index (χ4v) is 3.78. The summed E-state index contributed by atoms with van der Waals surface area (Å²) in [5.41, 5.74) is 5.72. The first-order valence-electron chi connectivity index (χ1n) is 5.79. The lowest BCUT2D eigenvalue weighted by atomic mass is 10.1. The minimum Gasteiger partial charge on any atom is -0.366 e. The second-order valence-corrected chi connectivity index (χ2v) is 6.73. The van der Waals surface area contributed by atoms with Crippen LogP contribution in [0.3, 0.4) is 0 Å². The summed E-state index contributed by atoms with van der Waals surface area (Å²) in [7, 11) is -3.11. The van der Waals surface area contributed by atoms with Crippen LogP contribution >= 0.6 is 0 Å². The van der Waals surface area contributed by atoms with Gasteiger partial charge in [0.05, 0.1) is 28.7 Å². The van der Waals surface area contributed by atoms with Crippen LogP contribution in [0.1, 0.15) is 16.8 Å². The molecule has 1 heterocycles. The van der Waals surface area contributed by atoms with Gasteiger partial charge in [-0.25, -0.2) is 8.42 Å². The summed E-state index contributed by atoms with van der Waals surface area (Å²) >= 11 is 0. The van der Waals surface area contributed by atoms with Gasteiger partial charge in [-0.05, 0) is 18.6 Å².